The molecule has 1 unspecified atom stereocenters. The summed E-state index contributed by atoms with van der Waals surface area (Å²) < 4.78 is 5.36. The molecule has 0 radical (unpaired) electrons. The maximum absolute atomic E-state index is 6.25. The summed E-state index contributed by atoms with van der Waals surface area (Å²) in [5.41, 5.74) is 9.46. The highest BCUT2D eigenvalue weighted by Gasteiger charge is 2.13. The summed E-state index contributed by atoms with van der Waals surface area (Å²) >= 11 is 0. The number of nitrogens with zero attached hydrogens (tertiary/aromatic N) is 1. The van der Waals surface area contributed by atoms with E-state index in [0.717, 1.165) is 17.0 Å². The van der Waals surface area contributed by atoms with Crippen LogP contribution in [0.5, 0.6) is 5.75 Å². The van der Waals surface area contributed by atoms with Gasteiger partial charge >= 0.3 is 0 Å². The van der Waals surface area contributed by atoms with Gasteiger partial charge < -0.3 is 10.5 Å². The van der Waals surface area contributed by atoms with Gasteiger partial charge in [-0.2, -0.15) is 0 Å². The van der Waals surface area contributed by atoms with E-state index in [1.807, 2.05) is 30.3 Å². The molecule has 0 aliphatic carbocycles. The molecule has 3 nitrogen and oxygen atoms in total. The second-order valence-electron chi connectivity index (χ2n) is 4.38. The van der Waals surface area contributed by atoms with Crippen LogP contribution in [-0.4, -0.2) is 12.1 Å². The van der Waals surface area contributed by atoms with Crippen molar-refractivity contribution >= 4 is 0 Å². The lowest BCUT2D eigenvalue weighted by Gasteiger charge is -2.16. The van der Waals surface area contributed by atoms with Crippen molar-refractivity contribution in [1.82, 2.24) is 4.98 Å². The van der Waals surface area contributed by atoms with Crippen molar-refractivity contribution in [3.63, 3.8) is 0 Å². The number of nitrogens with two attached hydrogens (primary N) is 1. The monoisotopic (exact) mass is 242 g/mol. The van der Waals surface area contributed by atoms with Gasteiger partial charge in [0.1, 0.15) is 5.75 Å². The number of hydrogen-bond donors (Lipinski definition) is 1. The molecule has 2 aromatic rings. The number of methoxy groups -OCH3 is 1. The fraction of sp³-hybridized carbons (Fsp3) is 0.267. The van der Waals surface area contributed by atoms with E-state index >= 15 is 0 Å². The van der Waals surface area contributed by atoms with E-state index in [9.17, 15) is 0 Å². The molecule has 0 aliphatic heterocycles. The van der Waals surface area contributed by atoms with E-state index in [0.29, 0.717) is 6.42 Å². The maximum atomic E-state index is 6.25. The predicted molar refractivity (Wildman–Crippen MR) is 72.6 cm³/mol. The third kappa shape index (κ3) is 2.87. The van der Waals surface area contributed by atoms with Crippen LogP contribution in [0.15, 0.2) is 42.6 Å². The van der Waals surface area contributed by atoms with Crippen molar-refractivity contribution in [2.45, 2.75) is 19.4 Å². The Morgan fingerprint density at radius 1 is 1.28 bits per heavy atom. The minimum Gasteiger partial charge on any atom is -0.496 e. The first-order valence-corrected chi connectivity index (χ1v) is 6.00. The fourth-order valence-corrected chi connectivity index (χ4v) is 2.00. The molecule has 1 atom stereocenters. The molecule has 1 aromatic carbocycles. The van der Waals surface area contributed by atoms with Crippen LogP contribution in [0.2, 0.25) is 0 Å². The van der Waals surface area contributed by atoms with Crippen LogP contribution in [0.1, 0.15) is 22.9 Å². The Morgan fingerprint density at radius 2 is 2.11 bits per heavy atom. The Labute approximate surface area is 108 Å². The van der Waals surface area contributed by atoms with Gasteiger partial charge in [0.2, 0.25) is 0 Å². The zero-order valence-electron chi connectivity index (χ0n) is 10.8. The second-order valence-corrected chi connectivity index (χ2v) is 4.38. The third-order valence-corrected chi connectivity index (χ3v) is 2.94. The minimum atomic E-state index is -0.102. The Kier molecular flexibility index (Phi) is 3.95. The molecular weight excluding hydrogens is 224 g/mol. The molecule has 0 spiro atoms. The van der Waals surface area contributed by atoms with Gasteiger partial charge in [-0.25, -0.2) is 0 Å². The topological polar surface area (TPSA) is 48.1 Å². The quantitative estimate of drug-likeness (QED) is 0.896. The van der Waals surface area contributed by atoms with Crippen LogP contribution < -0.4 is 10.5 Å². The Bertz CT molecular complexity index is 511. The van der Waals surface area contributed by atoms with Crippen LogP contribution in [0.25, 0.3) is 0 Å². The normalized spacial score (nSPS) is 12.2. The summed E-state index contributed by atoms with van der Waals surface area (Å²) in [6, 6.07) is 11.8. The number of benzene rings is 1. The summed E-state index contributed by atoms with van der Waals surface area (Å²) in [6.07, 6.45) is 2.50. The van der Waals surface area contributed by atoms with Crippen molar-refractivity contribution < 1.29 is 4.74 Å². The minimum absolute atomic E-state index is 0.102. The number of rotatable bonds is 4. The molecule has 0 bridgehead atoms. The molecule has 0 saturated heterocycles. The van der Waals surface area contributed by atoms with Crippen LogP contribution >= 0.6 is 0 Å². The van der Waals surface area contributed by atoms with Crippen molar-refractivity contribution in [1.29, 1.82) is 0 Å². The second kappa shape index (κ2) is 5.65. The van der Waals surface area contributed by atoms with Gasteiger partial charge in [0.15, 0.2) is 0 Å². The number of aromatic nitrogens is 1. The molecule has 0 amide bonds. The van der Waals surface area contributed by atoms with Crippen molar-refractivity contribution in [3.8, 4) is 5.75 Å². The molecule has 0 fully saturated rings. The fourth-order valence-electron chi connectivity index (χ4n) is 2.00. The predicted octanol–water partition coefficient (Wildman–Crippen LogP) is 2.64. The molecule has 3 heteroatoms. The number of pyridine rings is 1. The van der Waals surface area contributed by atoms with E-state index in [4.69, 9.17) is 10.5 Å². The van der Waals surface area contributed by atoms with Crippen LogP contribution in [-0.2, 0) is 6.42 Å². The highest BCUT2D eigenvalue weighted by atomic mass is 16.5. The molecule has 0 saturated carbocycles. The van der Waals surface area contributed by atoms with E-state index in [-0.39, 0.29) is 6.04 Å². The first kappa shape index (κ1) is 12.6. The molecule has 94 valence electrons. The standard InChI is InChI=1S/C15H18N2O/c1-11-6-7-15(18-2)13(9-11)14(16)10-12-5-3-4-8-17-12/h3-9,14H,10,16H2,1-2H3. The highest BCUT2D eigenvalue weighted by molar-refractivity contribution is 5.39. The molecule has 1 aromatic heterocycles. The molecule has 2 rings (SSSR count). The SMILES string of the molecule is COc1ccc(C)cc1C(N)Cc1ccccn1. The van der Waals surface area contributed by atoms with Crippen molar-refractivity contribution in [3.05, 3.63) is 59.4 Å². The molecule has 1 heterocycles. The van der Waals surface area contributed by atoms with Gasteiger partial charge in [-0.15, -0.1) is 0 Å². The number of ether oxygens (including phenoxy) is 1. The van der Waals surface area contributed by atoms with Gasteiger partial charge in [-0.1, -0.05) is 23.8 Å². The van der Waals surface area contributed by atoms with E-state index in [2.05, 4.69) is 18.0 Å². The molecule has 18 heavy (non-hydrogen) atoms. The average molecular weight is 242 g/mol. The summed E-state index contributed by atoms with van der Waals surface area (Å²) in [4.78, 5) is 4.30. The van der Waals surface area contributed by atoms with Crippen molar-refractivity contribution in [2.75, 3.05) is 7.11 Å². The third-order valence-electron chi connectivity index (χ3n) is 2.94. The van der Waals surface area contributed by atoms with Gasteiger partial charge in [-0.05, 0) is 25.1 Å². The Balaban J connectivity index is 2.23. The summed E-state index contributed by atoms with van der Waals surface area (Å²) in [7, 11) is 1.67. The zero-order chi connectivity index (χ0) is 13.0. The van der Waals surface area contributed by atoms with Crippen LogP contribution in [0, 0.1) is 6.92 Å². The molecular formula is C15H18N2O. The number of hydrogen-bond acceptors (Lipinski definition) is 3. The maximum Gasteiger partial charge on any atom is 0.123 e. The van der Waals surface area contributed by atoms with Crippen LogP contribution in [0.3, 0.4) is 0 Å². The lowest BCUT2D eigenvalue weighted by molar-refractivity contribution is 0.405. The Morgan fingerprint density at radius 3 is 2.78 bits per heavy atom. The average Bonchev–Trinajstić information content (AvgIpc) is 2.40. The van der Waals surface area contributed by atoms with E-state index < -0.39 is 0 Å². The van der Waals surface area contributed by atoms with Gasteiger partial charge in [0, 0.05) is 29.9 Å². The Hall–Kier alpha value is -1.87. The summed E-state index contributed by atoms with van der Waals surface area (Å²) in [6.45, 7) is 2.05. The van der Waals surface area contributed by atoms with Crippen molar-refractivity contribution in [2.24, 2.45) is 5.73 Å². The first-order chi connectivity index (χ1) is 8.70. The van der Waals surface area contributed by atoms with Crippen LogP contribution in [0.4, 0.5) is 0 Å². The number of aryl methyl sites for hydroxylation is 1. The molecule has 2 N–H and O–H groups in total. The summed E-state index contributed by atoms with van der Waals surface area (Å²) in [5, 5.41) is 0. The first-order valence-electron chi connectivity index (χ1n) is 6.00. The van der Waals surface area contributed by atoms with E-state index in [1.54, 1.807) is 13.3 Å². The lowest BCUT2D eigenvalue weighted by atomic mass is 9.99. The zero-order valence-corrected chi connectivity index (χ0v) is 10.8. The van der Waals surface area contributed by atoms with Gasteiger partial charge in [-0.3, -0.25) is 4.98 Å². The summed E-state index contributed by atoms with van der Waals surface area (Å²) in [5.74, 6) is 0.837. The van der Waals surface area contributed by atoms with Gasteiger partial charge in [0.05, 0.1) is 7.11 Å². The molecule has 0 aliphatic rings. The van der Waals surface area contributed by atoms with E-state index in [1.165, 1.54) is 5.56 Å². The largest absolute Gasteiger partial charge is 0.496 e. The van der Waals surface area contributed by atoms with Gasteiger partial charge in [0.25, 0.3) is 0 Å². The highest BCUT2D eigenvalue weighted by Crippen LogP contribution is 2.26. The lowest BCUT2D eigenvalue weighted by Crippen LogP contribution is -2.15. The smallest absolute Gasteiger partial charge is 0.123 e.